The third-order valence-electron chi connectivity index (χ3n) is 2.51. The van der Waals surface area contributed by atoms with Crippen LogP contribution >= 0.6 is 0 Å². The van der Waals surface area contributed by atoms with Gasteiger partial charge in [0.1, 0.15) is 5.82 Å². The van der Waals surface area contributed by atoms with Crippen LogP contribution in [0.5, 0.6) is 0 Å². The SMILES string of the molecule is NCC1CNc2c(F)cccc2C1. The zero-order chi connectivity index (χ0) is 9.26. The van der Waals surface area contributed by atoms with E-state index in [2.05, 4.69) is 5.32 Å². The number of benzene rings is 1. The predicted octanol–water partition coefficient (Wildman–Crippen LogP) is 1.37. The van der Waals surface area contributed by atoms with Gasteiger partial charge < -0.3 is 11.1 Å². The molecule has 1 aromatic carbocycles. The monoisotopic (exact) mass is 180 g/mol. The minimum absolute atomic E-state index is 0.159. The van der Waals surface area contributed by atoms with Crippen LogP contribution in [0.15, 0.2) is 18.2 Å². The first kappa shape index (κ1) is 8.51. The fourth-order valence-electron chi connectivity index (χ4n) is 1.73. The first-order valence-electron chi connectivity index (χ1n) is 4.52. The molecular formula is C10H13FN2. The number of rotatable bonds is 1. The minimum atomic E-state index is -0.159. The van der Waals surface area contributed by atoms with E-state index < -0.39 is 0 Å². The summed E-state index contributed by atoms with van der Waals surface area (Å²) in [5.74, 6) is 0.280. The molecular weight excluding hydrogens is 167 g/mol. The number of para-hydroxylation sites is 1. The Hall–Kier alpha value is -1.09. The van der Waals surface area contributed by atoms with Crippen molar-refractivity contribution in [1.29, 1.82) is 0 Å². The standard InChI is InChI=1S/C10H13FN2/c11-9-3-1-2-8-4-7(5-12)6-13-10(8)9/h1-3,7,13H,4-6,12H2. The summed E-state index contributed by atoms with van der Waals surface area (Å²) in [6, 6.07) is 5.18. The number of halogens is 1. The van der Waals surface area contributed by atoms with E-state index in [9.17, 15) is 4.39 Å². The first-order valence-corrected chi connectivity index (χ1v) is 4.52. The maximum Gasteiger partial charge on any atom is 0.146 e. The first-order chi connectivity index (χ1) is 6.31. The maximum atomic E-state index is 13.2. The minimum Gasteiger partial charge on any atom is -0.382 e. The largest absolute Gasteiger partial charge is 0.382 e. The fraction of sp³-hybridized carbons (Fsp3) is 0.400. The number of hydrogen-bond acceptors (Lipinski definition) is 2. The van der Waals surface area contributed by atoms with Crippen molar-refractivity contribution in [1.82, 2.24) is 0 Å². The molecule has 0 saturated heterocycles. The van der Waals surface area contributed by atoms with Gasteiger partial charge in [-0.05, 0) is 30.5 Å². The topological polar surface area (TPSA) is 38.0 Å². The quantitative estimate of drug-likeness (QED) is 0.685. The van der Waals surface area contributed by atoms with Crippen molar-refractivity contribution >= 4 is 5.69 Å². The summed E-state index contributed by atoms with van der Waals surface area (Å²) in [5.41, 5.74) is 7.27. The van der Waals surface area contributed by atoms with Gasteiger partial charge in [-0.3, -0.25) is 0 Å². The van der Waals surface area contributed by atoms with Crippen molar-refractivity contribution in [2.24, 2.45) is 11.7 Å². The van der Waals surface area contributed by atoms with Gasteiger partial charge in [0.05, 0.1) is 5.69 Å². The van der Waals surface area contributed by atoms with Crippen molar-refractivity contribution < 1.29 is 4.39 Å². The number of hydrogen-bond donors (Lipinski definition) is 2. The van der Waals surface area contributed by atoms with E-state index in [-0.39, 0.29) is 5.82 Å². The van der Waals surface area contributed by atoms with Crippen molar-refractivity contribution in [3.05, 3.63) is 29.6 Å². The Labute approximate surface area is 76.9 Å². The summed E-state index contributed by atoms with van der Waals surface area (Å²) in [6.45, 7) is 1.44. The van der Waals surface area contributed by atoms with Gasteiger partial charge in [-0.2, -0.15) is 0 Å². The summed E-state index contributed by atoms with van der Waals surface area (Å²) in [4.78, 5) is 0. The van der Waals surface area contributed by atoms with Crippen molar-refractivity contribution in [3.63, 3.8) is 0 Å². The molecule has 70 valence electrons. The molecule has 0 bridgehead atoms. The highest BCUT2D eigenvalue weighted by Crippen LogP contribution is 2.26. The van der Waals surface area contributed by atoms with Gasteiger partial charge >= 0.3 is 0 Å². The van der Waals surface area contributed by atoms with Crippen LogP contribution in [0.25, 0.3) is 0 Å². The molecule has 0 saturated carbocycles. The Balaban J connectivity index is 2.31. The van der Waals surface area contributed by atoms with Gasteiger partial charge in [0.15, 0.2) is 0 Å². The van der Waals surface area contributed by atoms with E-state index in [1.807, 2.05) is 6.07 Å². The normalized spacial score (nSPS) is 20.6. The molecule has 1 unspecified atom stereocenters. The lowest BCUT2D eigenvalue weighted by atomic mass is 9.94. The van der Waals surface area contributed by atoms with Crippen LogP contribution in [-0.4, -0.2) is 13.1 Å². The fourth-order valence-corrected chi connectivity index (χ4v) is 1.73. The summed E-state index contributed by atoms with van der Waals surface area (Å²) in [6.07, 6.45) is 0.886. The van der Waals surface area contributed by atoms with Gasteiger partial charge in [0, 0.05) is 6.54 Å². The highest BCUT2D eigenvalue weighted by atomic mass is 19.1. The Morgan fingerprint density at radius 3 is 3.15 bits per heavy atom. The average molecular weight is 180 g/mol. The zero-order valence-corrected chi connectivity index (χ0v) is 7.39. The van der Waals surface area contributed by atoms with E-state index in [0.717, 1.165) is 18.5 Å². The average Bonchev–Trinajstić information content (AvgIpc) is 2.18. The number of nitrogens with one attached hydrogen (secondary N) is 1. The highest BCUT2D eigenvalue weighted by Gasteiger charge is 2.18. The lowest BCUT2D eigenvalue weighted by Gasteiger charge is -2.25. The van der Waals surface area contributed by atoms with Crippen LogP contribution in [0.3, 0.4) is 0 Å². The van der Waals surface area contributed by atoms with Gasteiger partial charge in [0.25, 0.3) is 0 Å². The molecule has 3 N–H and O–H groups in total. The Morgan fingerprint density at radius 1 is 1.54 bits per heavy atom. The Kier molecular flexibility index (Phi) is 2.19. The Morgan fingerprint density at radius 2 is 2.38 bits per heavy atom. The summed E-state index contributed by atoms with van der Waals surface area (Å²) in [7, 11) is 0. The zero-order valence-electron chi connectivity index (χ0n) is 7.39. The molecule has 1 aliphatic rings. The smallest absolute Gasteiger partial charge is 0.146 e. The lowest BCUT2D eigenvalue weighted by molar-refractivity contribution is 0.538. The molecule has 0 amide bonds. The number of fused-ring (bicyclic) bond motifs is 1. The molecule has 0 fully saturated rings. The van der Waals surface area contributed by atoms with Crippen LogP contribution in [0, 0.1) is 11.7 Å². The third-order valence-corrected chi connectivity index (χ3v) is 2.51. The molecule has 0 radical (unpaired) electrons. The van der Waals surface area contributed by atoms with Crippen molar-refractivity contribution in [2.45, 2.75) is 6.42 Å². The molecule has 13 heavy (non-hydrogen) atoms. The molecule has 2 rings (SSSR count). The second-order valence-electron chi connectivity index (χ2n) is 3.46. The van der Waals surface area contributed by atoms with Crippen LogP contribution in [0.1, 0.15) is 5.56 Å². The summed E-state index contributed by atoms with van der Waals surface area (Å²) in [5, 5.41) is 3.08. The van der Waals surface area contributed by atoms with Gasteiger partial charge in [0.2, 0.25) is 0 Å². The molecule has 1 atom stereocenters. The molecule has 0 spiro atoms. The van der Waals surface area contributed by atoms with E-state index in [1.165, 1.54) is 6.07 Å². The van der Waals surface area contributed by atoms with Crippen LogP contribution in [0.4, 0.5) is 10.1 Å². The van der Waals surface area contributed by atoms with E-state index in [0.29, 0.717) is 18.2 Å². The summed E-state index contributed by atoms with van der Waals surface area (Å²) < 4.78 is 13.2. The van der Waals surface area contributed by atoms with Gasteiger partial charge in [-0.15, -0.1) is 0 Å². The third kappa shape index (κ3) is 1.52. The van der Waals surface area contributed by atoms with Crippen LogP contribution in [-0.2, 0) is 6.42 Å². The summed E-state index contributed by atoms with van der Waals surface area (Å²) >= 11 is 0. The lowest BCUT2D eigenvalue weighted by Crippen LogP contribution is -2.29. The second-order valence-corrected chi connectivity index (χ2v) is 3.46. The molecule has 1 heterocycles. The van der Waals surface area contributed by atoms with E-state index >= 15 is 0 Å². The highest BCUT2D eigenvalue weighted by molar-refractivity contribution is 5.54. The van der Waals surface area contributed by atoms with Gasteiger partial charge in [-0.25, -0.2) is 4.39 Å². The second kappa shape index (κ2) is 3.34. The predicted molar refractivity (Wildman–Crippen MR) is 51.1 cm³/mol. The molecule has 2 nitrogen and oxygen atoms in total. The van der Waals surface area contributed by atoms with E-state index in [4.69, 9.17) is 5.73 Å². The van der Waals surface area contributed by atoms with Gasteiger partial charge in [-0.1, -0.05) is 12.1 Å². The maximum absolute atomic E-state index is 13.2. The molecule has 1 aliphatic heterocycles. The number of nitrogens with two attached hydrogens (primary N) is 1. The number of anilines is 1. The molecule has 1 aromatic rings. The molecule has 3 heteroatoms. The molecule has 0 aliphatic carbocycles. The van der Waals surface area contributed by atoms with E-state index in [1.54, 1.807) is 6.07 Å². The van der Waals surface area contributed by atoms with Crippen molar-refractivity contribution in [3.8, 4) is 0 Å². The Bertz CT molecular complexity index is 312. The van der Waals surface area contributed by atoms with Crippen LogP contribution in [0.2, 0.25) is 0 Å². The van der Waals surface area contributed by atoms with Crippen LogP contribution < -0.4 is 11.1 Å². The van der Waals surface area contributed by atoms with Crippen molar-refractivity contribution in [2.75, 3.05) is 18.4 Å². The molecule has 0 aromatic heterocycles.